The Kier molecular flexibility index (Phi) is 5.12. The van der Waals surface area contributed by atoms with Crippen molar-refractivity contribution in [2.24, 2.45) is 0 Å². The second kappa shape index (κ2) is 7.48. The van der Waals surface area contributed by atoms with Crippen molar-refractivity contribution < 1.29 is 14.2 Å². The lowest BCUT2D eigenvalue weighted by Crippen LogP contribution is -2.38. The van der Waals surface area contributed by atoms with E-state index in [0.29, 0.717) is 18.5 Å². The summed E-state index contributed by atoms with van der Waals surface area (Å²) in [6.45, 7) is 4.39. The van der Waals surface area contributed by atoms with Gasteiger partial charge in [0.05, 0.1) is 6.54 Å². The Morgan fingerprint density at radius 3 is 2.12 bits per heavy atom. The summed E-state index contributed by atoms with van der Waals surface area (Å²) in [4.78, 5) is 25.1. The molecule has 1 aromatic heterocycles. The molecule has 0 saturated carbocycles. The Balaban J connectivity index is 1.69. The highest BCUT2D eigenvalue weighted by Crippen LogP contribution is 2.20. The molecule has 0 N–H and O–H groups in total. The lowest BCUT2D eigenvalue weighted by molar-refractivity contribution is -0.695. The van der Waals surface area contributed by atoms with Gasteiger partial charge < -0.3 is 0 Å². The maximum Gasteiger partial charge on any atom is 0.244 e. The lowest BCUT2D eigenvalue weighted by atomic mass is 9.93. The van der Waals surface area contributed by atoms with Crippen molar-refractivity contribution in [1.82, 2.24) is 4.57 Å². The molecule has 4 nitrogen and oxygen atoms in total. The van der Waals surface area contributed by atoms with E-state index in [4.69, 9.17) is 0 Å². The number of rotatable bonds is 7. The number of hydrogen-bond acceptors (Lipinski definition) is 2. The van der Waals surface area contributed by atoms with Crippen LogP contribution >= 0.6 is 0 Å². The summed E-state index contributed by atoms with van der Waals surface area (Å²) in [5.41, 5.74) is 0.722. The fourth-order valence-electron chi connectivity index (χ4n) is 2.92. The Labute approximate surface area is 153 Å². The maximum absolute atomic E-state index is 12.8. The molecule has 2 aromatic carbocycles. The Morgan fingerprint density at radius 1 is 0.923 bits per heavy atom. The molecule has 0 fully saturated rings. The SMILES string of the molecule is CC(C)(C(=O)c1ccccc1)n1cc[n+](CCC(=O)c2ccccc2)c1. The van der Waals surface area contributed by atoms with E-state index in [9.17, 15) is 9.59 Å². The van der Waals surface area contributed by atoms with Gasteiger partial charge in [-0.1, -0.05) is 60.7 Å². The third-order valence-electron chi connectivity index (χ3n) is 4.62. The third-order valence-corrected chi connectivity index (χ3v) is 4.62. The normalized spacial score (nSPS) is 11.3. The summed E-state index contributed by atoms with van der Waals surface area (Å²) >= 11 is 0. The molecule has 0 aliphatic rings. The van der Waals surface area contributed by atoms with Crippen LogP contribution < -0.4 is 4.57 Å². The molecular formula is C22H23N2O2+. The highest BCUT2D eigenvalue weighted by atomic mass is 16.1. The zero-order valence-electron chi connectivity index (χ0n) is 15.1. The summed E-state index contributed by atoms with van der Waals surface area (Å²) in [6.07, 6.45) is 6.09. The van der Waals surface area contributed by atoms with Crippen LogP contribution in [0.4, 0.5) is 0 Å². The van der Waals surface area contributed by atoms with Crippen molar-refractivity contribution in [3.05, 3.63) is 90.5 Å². The number of Topliss-reactive ketones (excluding diaryl/α,β-unsaturated/α-hetero) is 2. The Hall–Kier alpha value is -3.01. The van der Waals surface area contributed by atoms with E-state index in [0.717, 1.165) is 5.56 Å². The number of benzene rings is 2. The number of hydrogen-bond donors (Lipinski definition) is 0. The monoisotopic (exact) mass is 347 g/mol. The minimum absolute atomic E-state index is 0.0567. The van der Waals surface area contributed by atoms with Crippen molar-refractivity contribution >= 4 is 11.6 Å². The summed E-state index contributed by atoms with van der Waals surface area (Å²) in [7, 11) is 0. The van der Waals surface area contributed by atoms with Crippen LogP contribution in [0.15, 0.2) is 79.4 Å². The van der Waals surface area contributed by atoms with Gasteiger partial charge in [0, 0.05) is 17.5 Å². The molecular weight excluding hydrogens is 324 g/mol. The van der Waals surface area contributed by atoms with E-state index in [-0.39, 0.29) is 11.6 Å². The number of aromatic nitrogens is 2. The minimum Gasteiger partial charge on any atom is -0.294 e. The summed E-state index contributed by atoms with van der Waals surface area (Å²) < 4.78 is 3.84. The van der Waals surface area contributed by atoms with Crippen LogP contribution in [0.1, 0.15) is 41.0 Å². The quantitative estimate of drug-likeness (QED) is 0.483. The van der Waals surface area contributed by atoms with Gasteiger partial charge in [-0.25, -0.2) is 9.13 Å². The number of imidazole rings is 1. The molecule has 4 heteroatoms. The molecule has 3 aromatic rings. The number of carbonyl (C=O) groups is 2. The second-order valence-electron chi connectivity index (χ2n) is 6.85. The first-order valence-electron chi connectivity index (χ1n) is 8.74. The van der Waals surface area contributed by atoms with Gasteiger partial charge in [-0.05, 0) is 13.8 Å². The molecule has 0 unspecified atom stereocenters. The van der Waals surface area contributed by atoms with Crippen LogP contribution in [-0.2, 0) is 12.1 Å². The molecule has 0 spiro atoms. The van der Waals surface area contributed by atoms with Crippen molar-refractivity contribution in [3.63, 3.8) is 0 Å². The molecule has 132 valence electrons. The molecule has 3 rings (SSSR count). The van der Waals surface area contributed by atoms with Crippen molar-refractivity contribution in [2.45, 2.75) is 32.4 Å². The fraction of sp³-hybridized carbons (Fsp3) is 0.227. The van der Waals surface area contributed by atoms with Crippen LogP contribution in [0.5, 0.6) is 0 Å². The smallest absolute Gasteiger partial charge is 0.244 e. The average Bonchev–Trinajstić information content (AvgIpc) is 3.17. The van der Waals surface area contributed by atoms with Crippen LogP contribution in [0, 0.1) is 0 Å². The first-order valence-corrected chi connectivity index (χ1v) is 8.74. The van der Waals surface area contributed by atoms with Gasteiger partial charge in [-0.2, -0.15) is 0 Å². The standard InChI is InChI=1S/C22H23N2O2/c1-22(2,21(26)19-11-7-4-8-12-19)24-16-15-23(17-24)14-13-20(25)18-9-5-3-6-10-18/h3-12,15-17H,13-14H2,1-2H3/q+1. The largest absolute Gasteiger partial charge is 0.294 e. The molecule has 0 radical (unpaired) electrons. The van der Waals surface area contributed by atoms with Gasteiger partial charge in [0.15, 0.2) is 11.3 Å². The molecule has 0 saturated heterocycles. The molecule has 1 heterocycles. The predicted octanol–water partition coefficient (Wildman–Crippen LogP) is 3.67. The topological polar surface area (TPSA) is 43.0 Å². The van der Waals surface area contributed by atoms with Crippen LogP contribution in [0.25, 0.3) is 0 Å². The van der Waals surface area contributed by atoms with E-state index in [2.05, 4.69) is 0 Å². The van der Waals surface area contributed by atoms with Gasteiger partial charge in [-0.15, -0.1) is 0 Å². The van der Waals surface area contributed by atoms with E-state index < -0.39 is 5.54 Å². The molecule has 0 atom stereocenters. The van der Waals surface area contributed by atoms with E-state index >= 15 is 0 Å². The van der Waals surface area contributed by atoms with Crippen LogP contribution in [-0.4, -0.2) is 16.1 Å². The molecule has 0 aliphatic heterocycles. The Morgan fingerprint density at radius 2 is 1.50 bits per heavy atom. The third kappa shape index (κ3) is 3.80. The molecule has 26 heavy (non-hydrogen) atoms. The molecule has 0 amide bonds. The number of ketones is 2. The van der Waals surface area contributed by atoms with Crippen molar-refractivity contribution in [1.29, 1.82) is 0 Å². The van der Waals surface area contributed by atoms with Crippen molar-refractivity contribution in [3.8, 4) is 0 Å². The van der Waals surface area contributed by atoms with Crippen LogP contribution in [0.2, 0.25) is 0 Å². The summed E-state index contributed by atoms with van der Waals surface area (Å²) in [5, 5.41) is 0. The van der Waals surface area contributed by atoms with Gasteiger partial charge >= 0.3 is 0 Å². The fourth-order valence-corrected chi connectivity index (χ4v) is 2.92. The lowest BCUT2D eigenvalue weighted by Gasteiger charge is -2.19. The van der Waals surface area contributed by atoms with Gasteiger partial charge in [0.2, 0.25) is 12.1 Å². The molecule has 0 bridgehead atoms. The highest BCUT2D eigenvalue weighted by molar-refractivity contribution is 6.01. The second-order valence-corrected chi connectivity index (χ2v) is 6.85. The van der Waals surface area contributed by atoms with E-state index in [1.807, 2.05) is 102 Å². The zero-order valence-corrected chi connectivity index (χ0v) is 15.1. The maximum atomic E-state index is 12.8. The summed E-state index contributed by atoms with van der Waals surface area (Å²) in [6, 6.07) is 18.6. The molecule has 0 aliphatic carbocycles. The van der Waals surface area contributed by atoms with Crippen molar-refractivity contribution in [2.75, 3.05) is 0 Å². The van der Waals surface area contributed by atoms with Gasteiger partial charge in [0.25, 0.3) is 0 Å². The summed E-state index contributed by atoms with van der Waals surface area (Å²) in [5.74, 6) is 0.173. The number of aryl methyl sites for hydroxylation is 1. The first kappa shape index (κ1) is 17.8. The average molecular weight is 347 g/mol. The predicted molar refractivity (Wildman–Crippen MR) is 100 cm³/mol. The first-order chi connectivity index (χ1) is 12.5. The number of nitrogens with zero attached hydrogens (tertiary/aromatic N) is 2. The number of carbonyl (C=O) groups excluding carboxylic acids is 2. The van der Waals surface area contributed by atoms with Gasteiger partial charge in [-0.3, -0.25) is 9.59 Å². The van der Waals surface area contributed by atoms with E-state index in [1.54, 1.807) is 0 Å². The van der Waals surface area contributed by atoms with E-state index in [1.165, 1.54) is 0 Å². The van der Waals surface area contributed by atoms with Gasteiger partial charge in [0.1, 0.15) is 12.4 Å². The Bertz CT molecular complexity index is 896. The van der Waals surface area contributed by atoms with Crippen LogP contribution in [0.3, 0.4) is 0 Å². The zero-order chi connectivity index (χ0) is 18.6. The minimum atomic E-state index is -0.698. The highest BCUT2D eigenvalue weighted by Gasteiger charge is 2.35.